The molecule has 166 valence electrons. The van der Waals surface area contributed by atoms with Gasteiger partial charge in [-0.2, -0.15) is 0 Å². The minimum atomic E-state index is -1.18. The van der Waals surface area contributed by atoms with Gasteiger partial charge in [-0.3, -0.25) is 0 Å². The molecule has 0 amide bonds. The number of carboxylic acids is 1. The summed E-state index contributed by atoms with van der Waals surface area (Å²) in [7, 11) is 1.93. The van der Waals surface area contributed by atoms with Crippen LogP contribution in [0.4, 0.5) is 8.78 Å². The summed E-state index contributed by atoms with van der Waals surface area (Å²) in [5, 5.41) is 9.93. The van der Waals surface area contributed by atoms with Gasteiger partial charge in [-0.25, -0.2) is 13.6 Å². The summed E-state index contributed by atoms with van der Waals surface area (Å²) in [6.45, 7) is 8.24. The first-order chi connectivity index (χ1) is 15.2. The zero-order valence-corrected chi connectivity index (χ0v) is 18.4. The Bertz CT molecular complexity index is 1240. The van der Waals surface area contributed by atoms with E-state index in [1.807, 2.05) is 41.6 Å². The maximum atomic E-state index is 15.5. The third-order valence-electron chi connectivity index (χ3n) is 6.34. The first-order valence-electron chi connectivity index (χ1n) is 10.7. The highest BCUT2D eigenvalue weighted by molar-refractivity contribution is 5.87. The van der Waals surface area contributed by atoms with Crippen LogP contribution in [0, 0.1) is 11.6 Å². The lowest BCUT2D eigenvalue weighted by Crippen LogP contribution is -2.43. The van der Waals surface area contributed by atoms with Crippen LogP contribution in [0.15, 0.2) is 54.8 Å². The fourth-order valence-corrected chi connectivity index (χ4v) is 4.92. The molecule has 0 spiro atoms. The van der Waals surface area contributed by atoms with Gasteiger partial charge in [-0.1, -0.05) is 31.7 Å². The zero-order valence-electron chi connectivity index (χ0n) is 18.4. The summed E-state index contributed by atoms with van der Waals surface area (Å²) in [4.78, 5) is 12.8. The number of hydrogen-bond donors (Lipinski definition) is 1. The molecule has 1 aliphatic rings. The molecule has 0 fully saturated rings. The van der Waals surface area contributed by atoms with Gasteiger partial charge in [0.15, 0.2) is 0 Å². The Labute approximate surface area is 186 Å². The number of halogens is 2. The summed E-state index contributed by atoms with van der Waals surface area (Å²) in [5.74, 6) is -2.60. The molecule has 32 heavy (non-hydrogen) atoms. The van der Waals surface area contributed by atoms with E-state index in [9.17, 15) is 4.79 Å². The van der Waals surface area contributed by atoms with E-state index in [-0.39, 0.29) is 17.2 Å². The van der Waals surface area contributed by atoms with Crippen molar-refractivity contribution in [2.75, 3.05) is 0 Å². The van der Waals surface area contributed by atoms with Crippen molar-refractivity contribution in [3.05, 3.63) is 88.8 Å². The summed E-state index contributed by atoms with van der Waals surface area (Å²) >= 11 is 0. The van der Waals surface area contributed by atoms with Gasteiger partial charge in [0.2, 0.25) is 0 Å². The molecule has 1 aromatic heterocycles. The summed E-state index contributed by atoms with van der Waals surface area (Å²) in [6.07, 6.45) is 3.45. The van der Waals surface area contributed by atoms with Crippen LogP contribution >= 0.6 is 0 Å². The summed E-state index contributed by atoms with van der Waals surface area (Å²) in [6, 6.07) is 9.69. The molecule has 2 heterocycles. The van der Waals surface area contributed by atoms with Crippen molar-refractivity contribution in [2.24, 2.45) is 7.05 Å². The van der Waals surface area contributed by atoms with Crippen LogP contribution in [0.25, 0.3) is 17.0 Å². The van der Waals surface area contributed by atoms with E-state index in [2.05, 4.69) is 19.6 Å². The molecule has 4 rings (SSSR count). The van der Waals surface area contributed by atoms with Gasteiger partial charge >= 0.3 is 5.97 Å². The average molecular weight is 437 g/mol. The second-order valence-corrected chi connectivity index (χ2v) is 8.29. The number of allylic oxidation sites excluding steroid dienone is 1. The van der Waals surface area contributed by atoms with Gasteiger partial charge in [0.05, 0.1) is 5.56 Å². The molecule has 2 aromatic carbocycles. The highest BCUT2D eigenvalue weighted by Crippen LogP contribution is 2.45. The normalized spacial score (nSPS) is 18.3. The van der Waals surface area contributed by atoms with E-state index in [1.165, 1.54) is 18.2 Å². The second kappa shape index (κ2) is 8.26. The van der Waals surface area contributed by atoms with E-state index in [0.29, 0.717) is 6.42 Å². The molecule has 1 aliphatic heterocycles. The molecule has 0 bridgehead atoms. The molecule has 1 N–H and O–H groups in total. The minimum Gasteiger partial charge on any atom is -0.478 e. The molecule has 0 saturated heterocycles. The third kappa shape index (κ3) is 3.49. The van der Waals surface area contributed by atoms with Gasteiger partial charge in [0.1, 0.15) is 17.7 Å². The molecule has 0 saturated carbocycles. The first kappa shape index (κ1) is 21.8. The third-order valence-corrected chi connectivity index (χ3v) is 6.34. The number of carboxylic acid groups (broad SMARTS) is 1. The summed E-state index contributed by atoms with van der Waals surface area (Å²) in [5.41, 5.74) is 3.88. The SMILES string of the molecule is C=C(CC)N1[C@H](c2c(F)cc(/C=C/C(=O)O)cc2F)c2c(c3ccccc3n2C)C[C@H]1C. The molecule has 0 radical (unpaired) electrons. The number of nitrogens with zero attached hydrogens (tertiary/aromatic N) is 2. The van der Waals surface area contributed by atoms with E-state index in [1.54, 1.807) is 0 Å². The van der Waals surface area contributed by atoms with Crippen LogP contribution in [0.5, 0.6) is 0 Å². The molecule has 4 nitrogen and oxygen atoms in total. The monoisotopic (exact) mass is 436 g/mol. The standard InChI is InChI=1S/C26H26F2N2O2/c1-5-15(2)30-16(3)12-19-18-8-6-7-9-22(18)29(4)25(19)26(30)24-20(27)13-17(14-21(24)28)10-11-23(31)32/h6-11,13-14,16,26H,2,5,12H2,1,3-4H3,(H,31,32)/b11-10+/t16-,26-/m1/s1. The maximum Gasteiger partial charge on any atom is 0.328 e. The predicted octanol–water partition coefficient (Wildman–Crippen LogP) is 5.81. The number of aromatic nitrogens is 1. The molecule has 6 heteroatoms. The molecular weight excluding hydrogens is 410 g/mol. The molecule has 0 unspecified atom stereocenters. The number of rotatable bonds is 5. The van der Waals surface area contributed by atoms with Crippen molar-refractivity contribution in [2.45, 2.75) is 38.8 Å². The number of fused-ring (bicyclic) bond motifs is 3. The Morgan fingerprint density at radius 1 is 1.25 bits per heavy atom. The smallest absolute Gasteiger partial charge is 0.328 e. The Kier molecular flexibility index (Phi) is 5.63. The van der Waals surface area contributed by atoms with Crippen molar-refractivity contribution >= 4 is 22.9 Å². The molecular formula is C26H26F2N2O2. The van der Waals surface area contributed by atoms with Gasteiger partial charge in [-0.05, 0) is 55.2 Å². The van der Waals surface area contributed by atoms with Crippen LogP contribution in [-0.4, -0.2) is 26.6 Å². The van der Waals surface area contributed by atoms with Crippen molar-refractivity contribution in [1.82, 2.24) is 9.47 Å². The molecule has 0 aliphatic carbocycles. The fourth-order valence-electron chi connectivity index (χ4n) is 4.92. The number of para-hydroxylation sites is 1. The highest BCUT2D eigenvalue weighted by atomic mass is 19.1. The van der Waals surface area contributed by atoms with Crippen LogP contribution in [0.1, 0.15) is 48.7 Å². The molecule has 3 aromatic rings. The first-order valence-corrected chi connectivity index (χ1v) is 10.7. The largest absolute Gasteiger partial charge is 0.478 e. The quantitative estimate of drug-likeness (QED) is 0.513. The van der Waals surface area contributed by atoms with Crippen molar-refractivity contribution in [1.29, 1.82) is 0 Å². The van der Waals surface area contributed by atoms with Crippen LogP contribution < -0.4 is 0 Å². The van der Waals surface area contributed by atoms with Gasteiger partial charge in [0.25, 0.3) is 0 Å². The van der Waals surface area contributed by atoms with E-state index in [0.717, 1.165) is 40.4 Å². The topological polar surface area (TPSA) is 45.5 Å². The van der Waals surface area contributed by atoms with Crippen LogP contribution in [-0.2, 0) is 18.3 Å². The number of benzene rings is 2. The van der Waals surface area contributed by atoms with Crippen LogP contribution in [0.2, 0.25) is 0 Å². The van der Waals surface area contributed by atoms with Crippen molar-refractivity contribution in [3.8, 4) is 0 Å². The lowest BCUT2D eigenvalue weighted by Gasteiger charge is -2.44. The Hall–Kier alpha value is -3.41. The van der Waals surface area contributed by atoms with E-state index >= 15 is 8.78 Å². The Morgan fingerprint density at radius 3 is 2.53 bits per heavy atom. The second-order valence-electron chi connectivity index (χ2n) is 8.29. The zero-order chi connectivity index (χ0) is 23.2. The lowest BCUT2D eigenvalue weighted by atomic mass is 9.87. The number of carbonyl (C=O) groups is 1. The van der Waals surface area contributed by atoms with Gasteiger partial charge in [-0.15, -0.1) is 0 Å². The van der Waals surface area contributed by atoms with Crippen LogP contribution in [0.3, 0.4) is 0 Å². The van der Waals surface area contributed by atoms with E-state index < -0.39 is 23.6 Å². The van der Waals surface area contributed by atoms with E-state index in [4.69, 9.17) is 5.11 Å². The van der Waals surface area contributed by atoms with Gasteiger partial charge < -0.3 is 14.6 Å². The Balaban J connectivity index is 1.99. The maximum absolute atomic E-state index is 15.5. The summed E-state index contributed by atoms with van der Waals surface area (Å²) < 4.78 is 33.0. The fraction of sp³-hybridized carbons (Fsp3) is 0.269. The van der Waals surface area contributed by atoms with Crippen molar-refractivity contribution in [3.63, 3.8) is 0 Å². The number of aliphatic carboxylic acids is 1. The van der Waals surface area contributed by atoms with Gasteiger partial charge in [0, 0.05) is 41.5 Å². The predicted molar refractivity (Wildman–Crippen MR) is 122 cm³/mol. The highest BCUT2D eigenvalue weighted by Gasteiger charge is 2.40. The molecule has 2 atom stereocenters. The Morgan fingerprint density at radius 2 is 1.91 bits per heavy atom. The lowest BCUT2D eigenvalue weighted by molar-refractivity contribution is -0.131. The minimum absolute atomic E-state index is 0.00358. The number of hydrogen-bond acceptors (Lipinski definition) is 2. The number of aryl methyl sites for hydroxylation is 1. The van der Waals surface area contributed by atoms with Crippen molar-refractivity contribution < 1.29 is 18.7 Å². The average Bonchev–Trinajstić information content (AvgIpc) is 3.03.